The monoisotopic (exact) mass is 141 g/mol. The SMILES string of the molecule is CNCCCC(=O)O.[H-].[Na+]. The largest absolute Gasteiger partial charge is 1.00 e. The van der Waals surface area contributed by atoms with Crippen molar-refractivity contribution in [3.05, 3.63) is 0 Å². The van der Waals surface area contributed by atoms with E-state index in [0.29, 0.717) is 6.42 Å². The molecular weight excluding hydrogens is 129 g/mol. The van der Waals surface area contributed by atoms with Crippen molar-refractivity contribution < 1.29 is 40.9 Å². The number of rotatable bonds is 4. The Morgan fingerprint density at radius 3 is 2.67 bits per heavy atom. The summed E-state index contributed by atoms with van der Waals surface area (Å²) in [7, 11) is 1.81. The Kier molecular flexibility index (Phi) is 11.4. The summed E-state index contributed by atoms with van der Waals surface area (Å²) in [6.45, 7) is 0.784. The molecule has 0 rings (SSSR count). The smallest absolute Gasteiger partial charge is 1.00 e. The predicted octanol–water partition coefficient (Wildman–Crippen LogP) is -2.81. The van der Waals surface area contributed by atoms with Crippen LogP contribution in [0.2, 0.25) is 0 Å². The van der Waals surface area contributed by atoms with Crippen LogP contribution in [0.1, 0.15) is 14.3 Å². The molecule has 50 valence electrons. The van der Waals surface area contributed by atoms with Gasteiger partial charge in [-0.15, -0.1) is 0 Å². The van der Waals surface area contributed by atoms with Crippen molar-refractivity contribution in [2.45, 2.75) is 12.8 Å². The van der Waals surface area contributed by atoms with Crippen molar-refractivity contribution in [1.82, 2.24) is 5.32 Å². The van der Waals surface area contributed by atoms with Gasteiger partial charge >= 0.3 is 35.5 Å². The van der Waals surface area contributed by atoms with E-state index in [0.717, 1.165) is 6.54 Å². The van der Waals surface area contributed by atoms with Gasteiger partial charge in [-0.05, 0) is 20.0 Å². The summed E-state index contributed by atoms with van der Waals surface area (Å²) >= 11 is 0. The maximum atomic E-state index is 9.85. The molecule has 0 saturated carbocycles. The molecule has 0 bridgehead atoms. The summed E-state index contributed by atoms with van der Waals surface area (Å²) in [5.74, 6) is -0.722. The molecule has 3 nitrogen and oxygen atoms in total. The van der Waals surface area contributed by atoms with Crippen LogP contribution in [-0.2, 0) is 4.79 Å². The Morgan fingerprint density at radius 2 is 2.33 bits per heavy atom. The van der Waals surface area contributed by atoms with Crippen molar-refractivity contribution in [3.63, 3.8) is 0 Å². The molecule has 0 aliphatic carbocycles. The minimum absolute atomic E-state index is 0. The zero-order valence-electron chi connectivity index (χ0n) is 6.98. The first-order valence-corrected chi connectivity index (χ1v) is 2.63. The summed E-state index contributed by atoms with van der Waals surface area (Å²) in [6, 6.07) is 0. The molecule has 0 fully saturated rings. The third-order valence-corrected chi connectivity index (χ3v) is 0.817. The summed E-state index contributed by atoms with van der Waals surface area (Å²) in [6.07, 6.45) is 0.979. The Morgan fingerprint density at radius 1 is 1.78 bits per heavy atom. The van der Waals surface area contributed by atoms with Gasteiger partial charge in [-0.25, -0.2) is 0 Å². The van der Waals surface area contributed by atoms with Gasteiger partial charge < -0.3 is 11.8 Å². The van der Waals surface area contributed by atoms with E-state index >= 15 is 0 Å². The van der Waals surface area contributed by atoms with Crippen LogP contribution in [0.4, 0.5) is 0 Å². The topological polar surface area (TPSA) is 49.3 Å². The summed E-state index contributed by atoms with van der Waals surface area (Å²) in [4.78, 5) is 9.85. The normalized spacial score (nSPS) is 8.11. The first-order chi connectivity index (χ1) is 3.77. The molecule has 0 spiro atoms. The van der Waals surface area contributed by atoms with Gasteiger partial charge in [-0.3, -0.25) is 4.79 Å². The third-order valence-electron chi connectivity index (χ3n) is 0.817. The molecule has 0 aromatic heterocycles. The molecule has 0 aliphatic heterocycles. The van der Waals surface area contributed by atoms with Crippen LogP contribution in [0.25, 0.3) is 0 Å². The minimum Gasteiger partial charge on any atom is -1.00 e. The van der Waals surface area contributed by atoms with Crippen molar-refractivity contribution in [2.24, 2.45) is 0 Å². The van der Waals surface area contributed by atoms with E-state index in [-0.39, 0.29) is 37.4 Å². The Hall–Kier alpha value is 0.430. The second-order valence-corrected chi connectivity index (χ2v) is 1.60. The standard InChI is InChI=1S/C5H11NO2.Na.H/c1-6-4-2-3-5(7)8;;/h6H,2-4H2,1H3,(H,7,8);;/q;+1;-1. The van der Waals surface area contributed by atoms with E-state index < -0.39 is 5.97 Å². The molecule has 4 heteroatoms. The quantitative estimate of drug-likeness (QED) is 0.328. The van der Waals surface area contributed by atoms with Crippen LogP contribution in [0.5, 0.6) is 0 Å². The summed E-state index contributed by atoms with van der Waals surface area (Å²) in [5.41, 5.74) is 0. The van der Waals surface area contributed by atoms with Crippen LogP contribution in [0.3, 0.4) is 0 Å². The fourth-order valence-electron chi connectivity index (χ4n) is 0.416. The van der Waals surface area contributed by atoms with Gasteiger partial charge in [-0.2, -0.15) is 0 Å². The molecule has 0 atom stereocenters. The van der Waals surface area contributed by atoms with Gasteiger partial charge in [0.1, 0.15) is 0 Å². The maximum Gasteiger partial charge on any atom is 1.00 e. The average molecular weight is 141 g/mol. The zero-order valence-corrected chi connectivity index (χ0v) is 7.98. The Balaban J connectivity index is -0.000000245. The molecular formula is C5H12NNaO2. The van der Waals surface area contributed by atoms with E-state index in [1.165, 1.54) is 0 Å². The molecule has 0 radical (unpaired) electrons. The van der Waals surface area contributed by atoms with E-state index in [1.807, 2.05) is 7.05 Å². The van der Waals surface area contributed by atoms with Crippen molar-refractivity contribution in [2.75, 3.05) is 13.6 Å². The van der Waals surface area contributed by atoms with Crippen LogP contribution in [0.15, 0.2) is 0 Å². The van der Waals surface area contributed by atoms with Crippen molar-refractivity contribution in [3.8, 4) is 0 Å². The molecule has 0 amide bonds. The van der Waals surface area contributed by atoms with Crippen LogP contribution < -0.4 is 34.9 Å². The molecule has 0 aromatic rings. The number of carboxylic acid groups (broad SMARTS) is 1. The fourth-order valence-corrected chi connectivity index (χ4v) is 0.416. The molecule has 0 unspecified atom stereocenters. The number of carbonyl (C=O) groups is 1. The molecule has 0 aliphatic rings. The van der Waals surface area contributed by atoms with Gasteiger partial charge in [0.05, 0.1) is 0 Å². The molecule has 9 heavy (non-hydrogen) atoms. The van der Waals surface area contributed by atoms with E-state index in [4.69, 9.17) is 5.11 Å². The molecule has 2 N–H and O–H groups in total. The Bertz CT molecular complexity index is 82.0. The van der Waals surface area contributed by atoms with Gasteiger partial charge in [0, 0.05) is 6.42 Å². The van der Waals surface area contributed by atoms with E-state index in [9.17, 15) is 4.79 Å². The summed E-state index contributed by atoms with van der Waals surface area (Å²) < 4.78 is 0. The summed E-state index contributed by atoms with van der Waals surface area (Å²) in [5, 5.41) is 11.0. The van der Waals surface area contributed by atoms with Gasteiger partial charge in [0.15, 0.2) is 0 Å². The predicted molar refractivity (Wildman–Crippen MR) is 31.9 cm³/mol. The van der Waals surface area contributed by atoms with Gasteiger partial charge in [-0.1, -0.05) is 0 Å². The first-order valence-electron chi connectivity index (χ1n) is 2.63. The number of hydrogen-bond acceptors (Lipinski definition) is 2. The second kappa shape index (κ2) is 8.43. The second-order valence-electron chi connectivity index (χ2n) is 1.60. The molecule has 0 aromatic carbocycles. The number of carboxylic acids is 1. The molecule has 0 saturated heterocycles. The third kappa shape index (κ3) is 11.8. The molecule has 0 heterocycles. The average Bonchev–Trinajstić information content (AvgIpc) is 1.66. The number of hydrogen-bond donors (Lipinski definition) is 2. The fraction of sp³-hybridized carbons (Fsp3) is 0.800. The minimum atomic E-state index is -0.722. The number of nitrogens with one attached hydrogen (secondary N) is 1. The number of aliphatic carboxylic acids is 1. The first kappa shape index (κ1) is 12.1. The maximum absolute atomic E-state index is 9.85. The van der Waals surface area contributed by atoms with Gasteiger partial charge in [0.25, 0.3) is 0 Å². The van der Waals surface area contributed by atoms with Gasteiger partial charge in [0.2, 0.25) is 0 Å². The van der Waals surface area contributed by atoms with Crippen molar-refractivity contribution >= 4 is 5.97 Å². The van der Waals surface area contributed by atoms with Crippen LogP contribution in [-0.4, -0.2) is 24.7 Å². The van der Waals surface area contributed by atoms with Crippen LogP contribution in [0, 0.1) is 0 Å². The van der Waals surface area contributed by atoms with Crippen LogP contribution >= 0.6 is 0 Å². The van der Waals surface area contributed by atoms with E-state index in [2.05, 4.69) is 5.32 Å². The van der Waals surface area contributed by atoms with E-state index in [1.54, 1.807) is 0 Å². The van der Waals surface area contributed by atoms with Crippen molar-refractivity contribution in [1.29, 1.82) is 0 Å². The zero-order chi connectivity index (χ0) is 6.41. The Labute approximate surface area is 78.6 Å².